The fraction of sp³-hybridized carbons (Fsp3) is 0.458. The predicted octanol–water partition coefficient (Wildman–Crippen LogP) is 4.98. The van der Waals surface area contributed by atoms with Gasteiger partial charge in [-0.1, -0.05) is 25.1 Å². The number of fused-ring (bicyclic) bond motifs is 1. The molecule has 0 spiro atoms. The normalized spacial score (nSPS) is 14.0. The van der Waals surface area contributed by atoms with Gasteiger partial charge in [-0.05, 0) is 68.0 Å². The number of carbonyl (C=O) groups excluding carboxylic acids is 1. The molecule has 2 aromatic rings. The van der Waals surface area contributed by atoms with E-state index in [9.17, 15) is 13.6 Å². The van der Waals surface area contributed by atoms with Crippen LogP contribution < -0.4 is 4.90 Å². The smallest absolute Gasteiger partial charge is 0.222 e. The molecule has 1 unspecified atom stereocenters. The fourth-order valence-corrected chi connectivity index (χ4v) is 4.15. The Kier molecular flexibility index (Phi) is 7.24. The molecule has 1 amide bonds. The van der Waals surface area contributed by atoms with Crippen LogP contribution in [-0.4, -0.2) is 36.5 Å². The summed E-state index contributed by atoms with van der Waals surface area (Å²) in [6.45, 7) is 6.44. The molecule has 0 saturated carbocycles. The van der Waals surface area contributed by atoms with Crippen LogP contribution in [0.2, 0.25) is 0 Å². The van der Waals surface area contributed by atoms with E-state index in [1.165, 1.54) is 12.1 Å². The largest absolute Gasteiger partial charge is 0.369 e. The van der Waals surface area contributed by atoms with E-state index in [-0.39, 0.29) is 23.6 Å². The molecule has 0 fully saturated rings. The number of rotatable bonds is 9. The van der Waals surface area contributed by atoms with Crippen LogP contribution in [0.5, 0.6) is 0 Å². The van der Waals surface area contributed by atoms with Gasteiger partial charge in [-0.3, -0.25) is 4.79 Å². The summed E-state index contributed by atoms with van der Waals surface area (Å²) >= 11 is 0. The van der Waals surface area contributed by atoms with Crippen LogP contribution in [0, 0.1) is 11.6 Å². The Bertz CT molecular complexity index is 839. The van der Waals surface area contributed by atoms with E-state index in [1.54, 1.807) is 18.2 Å². The van der Waals surface area contributed by atoms with Crippen molar-refractivity contribution in [3.63, 3.8) is 0 Å². The van der Waals surface area contributed by atoms with E-state index >= 15 is 0 Å². The van der Waals surface area contributed by atoms with Crippen LogP contribution in [0.4, 0.5) is 14.5 Å². The van der Waals surface area contributed by atoms with Gasteiger partial charge in [0.05, 0.1) is 0 Å². The van der Waals surface area contributed by atoms with Gasteiger partial charge < -0.3 is 9.80 Å². The van der Waals surface area contributed by atoms with Gasteiger partial charge in [0.2, 0.25) is 5.91 Å². The first-order chi connectivity index (χ1) is 14.0. The molecular formula is C24H30F2N2O. The van der Waals surface area contributed by atoms with Gasteiger partial charge in [0.15, 0.2) is 0 Å². The van der Waals surface area contributed by atoms with Gasteiger partial charge in [-0.15, -0.1) is 0 Å². The number of amides is 1. The second kappa shape index (κ2) is 9.86. The topological polar surface area (TPSA) is 23.6 Å². The molecule has 29 heavy (non-hydrogen) atoms. The number of nitrogens with zero attached hydrogens (tertiary/aromatic N) is 2. The molecular weight excluding hydrogens is 370 g/mol. The summed E-state index contributed by atoms with van der Waals surface area (Å²) in [5, 5.41) is 0. The number of halogens is 2. The lowest BCUT2D eigenvalue weighted by Gasteiger charge is -2.33. The molecule has 1 aliphatic heterocycles. The standard InChI is InChI=1S/C24H30F2N2O/c1-3-14-28(24(29)10-6-8-19-7-4-5-9-22(19)26)18(2)17-27-15-13-20-16-21(25)11-12-23(20)27/h4-5,7,9,11-12,16,18H,3,6,8,10,13-15,17H2,1-2H3. The van der Waals surface area contributed by atoms with Gasteiger partial charge in [0.25, 0.3) is 0 Å². The molecule has 2 aromatic carbocycles. The van der Waals surface area contributed by atoms with E-state index < -0.39 is 0 Å². The highest BCUT2D eigenvalue weighted by Crippen LogP contribution is 2.29. The number of carbonyl (C=O) groups is 1. The molecule has 0 saturated heterocycles. The van der Waals surface area contributed by atoms with Crippen molar-refractivity contribution < 1.29 is 13.6 Å². The van der Waals surface area contributed by atoms with Crippen molar-refractivity contribution in [2.24, 2.45) is 0 Å². The summed E-state index contributed by atoms with van der Waals surface area (Å²) in [7, 11) is 0. The summed E-state index contributed by atoms with van der Waals surface area (Å²) in [6, 6.07) is 11.8. The zero-order chi connectivity index (χ0) is 20.8. The van der Waals surface area contributed by atoms with Crippen molar-refractivity contribution in [1.29, 1.82) is 0 Å². The first-order valence-corrected chi connectivity index (χ1v) is 10.6. The van der Waals surface area contributed by atoms with Crippen LogP contribution in [0.25, 0.3) is 0 Å². The third-order valence-electron chi connectivity index (χ3n) is 5.63. The lowest BCUT2D eigenvalue weighted by Crippen LogP contribution is -2.45. The quantitative estimate of drug-likeness (QED) is 0.593. The molecule has 0 aliphatic carbocycles. The molecule has 5 heteroatoms. The predicted molar refractivity (Wildman–Crippen MR) is 113 cm³/mol. The number of aryl methyl sites for hydroxylation is 1. The van der Waals surface area contributed by atoms with E-state index in [0.717, 1.165) is 37.2 Å². The van der Waals surface area contributed by atoms with Gasteiger partial charge in [0.1, 0.15) is 11.6 Å². The average Bonchev–Trinajstić information content (AvgIpc) is 3.09. The third-order valence-corrected chi connectivity index (χ3v) is 5.63. The van der Waals surface area contributed by atoms with Crippen molar-refractivity contribution >= 4 is 11.6 Å². The van der Waals surface area contributed by atoms with Crippen molar-refractivity contribution in [1.82, 2.24) is 4.90 Å². The lowest BCUT2D eigenvalue weighted by atomic mass is 10.1. The minimum absolute atomic E-state index is 0.0620. The van der Waals surface area contributed by atoms with Crippen molar-refractivity contribution in [2.45, 2.75) is 52.0 Å². The molecule has 1 heterocycles. The minimum atomic E-state index is -0.206. The monoisotopic (exact) mass is 400 g/mol. The Hall–Kier alpha value is -2.43. The summed E-state index contributed by atoms with van der Waals surface area (Å²) in [6.07, 6.45) is 3.35. The first kappa shape index (κ1) is 21.3. The SMILES string of the molecule is CCCN(C(=O)CCCc1ccccc1F)C(C)CN1CCc2cc(F)ccc21. The Morgan fingerprint density at radius 2 is 2.00 bits per heavy atom. The molecule has 0 N–H and O–H groups in total. The molecule has 3 rings (SSSR count). The second-order valence-corrected chi connectivity index (χ2v) is 7.85. The Morgan fingerprint density at radius 3 is 2.76 bits per heavy atom. The molecule has 1 atom stereocenters. The minimum Gasteiger partial charge on any atom is -0.369 e. The Morgan fingerprint density at radius 1 is 1.21 bits per heavy atom. The van der Waals surface area contributed by atoms with E-state index in [2.05, 4.69) is 18.7 Å². The van der Waals surface area contributed by atoms with Gasteiger partial charge in [-0.25, -0.2) is 8.78 Å². The highest BCUT2D eigenvalue weighted by atomic mass is 19.1. The van der Waals surface area contributed by atoms with Gasteiger partial charge in [0, 0.05) is 37.8 Å². The van der Waals surface area contributed by atoms with Crippen molar-refractivity contribution in [3.05, 3.63) is 65.2 Å². The van der Waals surface area contributed by atoms with Crippen LogP contribution in [0.1, 0.15) is 44.2 Å². The second-order valence-electron chi connectivity index (χ2n) is 7.85. The Balaban J connectivity index is 1.57. The number of benzene rings is 2. The lowest BCUT2D eigenvalue weighted by molar-refractivity contribution is -0.133. The highest BCUT2D eigenvalue weighted by Gasteiger charge is 2.25. The van der Waals surface area contributed by atoms with E-state index in [4.69, 9.17) is 0 Å². The zero-order valence-corrected chi connectivity index (χ0v) is 17.3. The summed E-state index contributed by atoms with van der Waals surface area (Å²) in [5.41, 5.74) is 2.77. The zero-order valence-electron chi connectivity index (χ0n) is 17.3. The summed E-state index contributed by atoms with van der Waals surface area (Å²) < 4.78 is 27.2. The van der Waals surface area contributed by atoms with Gasteiger partial charge >= 0.3 is 0 Å². The molecule has 1 aliphatic rings. The first-order valence-electron chi connectivity index (χ1n) is 10.6. The molecule has 0 radical (unpaired) electrons. The van der Waals surface area contributed by atoms with Crippen molar-refractivity contribution in [3.8, 4) is 0 Å². The molecule has 0 bridgehead atoms. The highest BCUT2D eigenvalue weighted by molar-refractivity contribution is 5.76. The maximum absolute atomic E-state index is 13.8. The maximum atomic E-state index is 13.8. The number of hydrogen-bond donors (Lipinski definition) is 0. The van der Waals surface area contributed by atoms with Crippen LogP contribution >= 0.6 is 0 Å². The van der Waals surface area contributed by atoms with Crippen LogP contribution in [0.3, 0.4) is 0 Å². The van der Waals surface area contributed by atoms with Crippen molar-refractivity contribution in [2.75, 3.05) is 24.5 Å². The van der Waals surface area contributed by atoms with Crippen LogP contribution in [-0.2, 0) is 17.6 Å². The van der Waals surface area contributed by atoms with Gasteiger partial charge in [-0.2, -0.15) is 0 Å². The fourth-order valence-electron chi connectivity index (χ4n) is 4.15. The van der Waals surface area contributed by atoms with E-state index in [0.29, 0.717) is 31.4 Å². The average molecular weight is 401 g/mol. The Labute approximate surface area is 172 Å². The third kappa shape index (κ3) is 5.34. The molecule has 3 nitrogen and oxygen atoms in total. The van der Waals surface area contributed by atoms with E-state index in [1.807, 2.05) is 17.0 Å². The number of hydrogen-bond acceptors (Lipinski definition) is 2. The maximum Gasteiger partial charge on any atom is 0.222 e. The summed E-state index contributed by atoms with van der Waals surface area (Å²) in [4.78, 5) is 17.1. The van der Waals surface area contributed by atoms with Crippen LogP contribution in [0.15, 0.2) is 42.5 Å². The number of anilines is 1. The molecule has 0 aromatic heterocycles. The summed E-state index contributed by atoms with van der Waals surface area (Å²) in [5.74, 6) is -0.284. The molecule has 156 valence electrons.